The summed E-state index contributed by atoms with van der Waals surface area (Å²) in [5, 5.41) is 2.57. The third-order valence-corrected chi connectivity index (χ3v) is 3.73. The van der Waals surface area contributed by atoms with E-state index in [0.29, 0.717) is 12.2 Å². The molecule has 0 aromatic heterocycles. The number of amides is 1. The summed E-state index contributed by atoms with van der Waals surface area (Å²) in [7, 11) is 0. The van der Waals surface area contributed by atoms with Crippen LogP contribution in [-0.2, 0) is 0 Å². The Hall–Kier alpha value is -1.63. The van der Waals surface area contributed by atoms with Crippen LogP contribution in [0.4, 0.5) is 10.1 Å². The third-order valence-electron chi connectivity index (χ3n) is 3.06. The van der Waals surface area contributed by atoms with E-state index in [1.54, 1.807) is 36.4 Å². The van der Waals surface area contributed by atoms with Crippen molar-refractivity contribution in [3.8, 4) is 5.75 Å². The molecule has 0 aliphatic carbocycles. The van der Waals surface area contributed by atoms with Crippen molar-refractivity contribution in [1.29, 1.82) is 0 Å². The molecule has 0 bridgehead atoms. The zero-order valence-corrected chi connectivity index (χ0v) is 14.4. The molecule has 2 rings (SSSR count). The van der Waals surface area contributed by atoms with Gasteiger partial charge in [0.2, 0.25) is 0 Å². The fourth-order valence-electron chi connectivity index (χ4n) is 1.82. The Balaban J connectivity index is 2.00. The molecule has 1 N–H and O–H groups in total. The van der Waals surface area contributed by atoms with Gasteiger partial charge in [-0.15, -0.1) is 0 Å². The van der Waals surface area contributed by atoms with Gasteiger partial charge in [-0.3, -0.25) is 4.79 Å². The van der Waals surface area contributed by atoms with Crippen LogP contribution in [0.1, 0.15) is 30.1 Å². The van der Waals surface area contributed by atoms with Crippen LogP contribution in [0, 0.1) is 9.39 Å². The number of nitrogens with one attached hydrogen (secondary N) is 1. The molecule has 0 fully saturated rings. The second kappa shape index (κ2) is 8.12. The van der Waals surface area contributed by atoms with E-state index in [1.807, 2.05) is 22.6 Å². The first kappa shape index (κ1) is 16.7. The minimum absolute atomic E-state index is 0.175. The van der Waals surface area contributed by atoms with Gasteiger partial charge in [0.1, 0.15) is 11.6 Å². The molecule has 0 atom stereocenters. The first-order chi connectivity index (χ1) is 10.6. The molecule has 2 aromatic rings. The molecule has 0 spiro atoms. The number of carbonyl (C=O) groups excluding carboxylic acids is 1. The molecule has 0 aliphatic rings. The van der Waals surface area contributed by atoms with Crippen LogP contribution in [0.2, 0.25) is 0 Å². The number of unbranched alkanes of at least 4 members (excludes halogenated alkanes) is 1. The van der Waals surface area contributed by atoms with E-state index in [4.69, 9.17) is 4.74 Å². The van der Waals surface area contributed by atoms with Crippen LogP contribution in [0.25, 0.3) is 0 Å². The van der Waals surface area contributed by atoms with E-state index in [9.17, 15) is 9.18 Å². The van der Waals surface area contributed by atoms with Gasteiger partial charge in [-0.05, 0) is 71.5 Å². The molecule has 0 aliphatic heterocycles. The fourth-order valence-corrected chi connectivity index (χ4v) is 2.28. The number of anilines is 1. The highest BCUT2D eigenvalue weighted by Gasteiger charge is 2.09. The third kappa shape index (κ3) is 4.69. The van der Waals surface area contributed by atoms with Crippen molar-refractivity contribution in [3.63, 3.8) is 0 Å². The summed E-state index contributed by atoms with van der Waals surface area (Å²) in [6.07, 6.45) is 2.07. The standard InChI is InChI=1S/C17H17FINO2/c1-2-3-10-22-14-7-4-12(5-8-14)17(21)20-16-9-6-13(19)11-15(16)18/h4-9,11H,2-3,10H2,1H3,(H,20,21). The Morgan fingerprint density at radius 1 is 1.23 bits per heavy atom. The van der Waals surface area contributed by atoms with Crippen LogP contribution in [0.5, 0.6) is 5.75 Å². The summed E-state index contributed by atoms with van der Waals surface area (Å²) < 4.78 is 20.0. The highest BCUT2D eigenvalue weighted by Crippen LogP contribution is 2.19. The van der Waals surface area contributed by atoms with Gasteiger partial charge in [0, 0.05) is 9.13 Å². The average molecular weight is 413 g/mol. The topological polar surface area (TPSA) is 38.3 Å². The molecule has 0 saturated heterocycles. The second-order valence-electron chi connectivity index (χ2n) is 4.80. The number of benzene rings is 2. The van der Waals surface area contributed by atoms with Crippen molar-refractivity contribution in [2.24, 2.45) is 0 Å². The number of rotatable bonds is 6. The van der Waals surface area contributed by atoms with Crippen molar-refractivity contribution < 1.29 is 13.9 Å². The SMILES string of the molecule is CCCCOc1ccc(C(=O)Nc2ccc(I)cc2F)cc1. The summed E-state index contributed by atoms with van der Waals surface area (Å²) >= 11 is 2.02. The molecule has 0 saturated carbocycles. The Morgan fingerprint density at radius 2 is 1.95 bits per heavy atom. The van der Waals surface area contributed by atoms with Gasteiger partial charge < -0.3 is 10.1 Å². The van der Waals surface area contributed by atoms with Gasteiger partial charge in [0.25, 0.3) is 5.91 Å². The fraction of sp³-hybridized carbons (Fsp3) is 0.235. The average Bonchev–Trinajstić information content (AvgIpc) is 2.51. The quantitative estimate of drug-likeness (QED) is 0.543. The van der Waals surface area contributed by atoms with Gasteiger partial charge >= 0.3 is 0 Å². The van der Waals surface area contributed by atoms with E-state index in [-0.39, 0.29) is 11.6 Å². The molecule has 0 unspecified atom stereocenters. The van der Waals surface area contributed by atoms with Crippen LogP contribution in [0.15, 0.2) is 42.5 Å². The van der Waals surface area contributed by atoms with Crippen molar-refractivity contribution in [2.45, 2.75) is 19.8 Å². The zero-order valence-electron chi connectivity index (χ0n) is 12.2. The highest BCUT2D eigenvalue weighted by molar-refractivity contribution is 14.1. The summed E-state index contributed by atoms with van der Waals surface area (Å²) in [6.45, 7) is 2.76. The first-order valence-electron chi connectivity index (χ1n) is 7.09. The monoisotopic (exact) mass is 413 g/mol. The number of carbonyl (C=O) groups is 1. The predicted octanol–water partition coefficient (Wildman–Crippen LogP) is 4.86. The lowest BCUT2D eigenvalue weighted by atomic mass is 10.2. The van der Waals surface area contributed by atoms with Crippen LogP contribution in [0.3, 0.4) is 0 Å². The van der Waals surface area contributed by atoms with Gasteiger partial charge in [-0.2, -0.15) is 0 Å². The first-order valence-corrected chi connectivity index (χ1v) is 8.17. The van der Waals surface area contributed by atoms with E-state index in [1.165, 1.54) is 6.07 Å². The molecular formula is C17H17FINO2. The Labute approximate surface area is 143 Å². The Morgan fingerprint density at radius 3 is 2.59 bits per heavy atom. The molecule has 0 radical (unpaired) electrons. The van der Waals surface area contributed by atoms with Crippen LogP contribution in [-0.4, -0.2) is 12.5 Å². The minimum atomic E-state index is -0.445. The van der Waals surface area contributed by atoms with Crippen molar-refractivity contribution >= 4 is 34.2 Å². The normalized spacial score (nSPS) is 10.3. The molecule has 3 nitrogen and oxygen atoms in total. The number of hydrogen-bond acceptors (Lipinski definition) is 2. The summed E-state index contributed by atoms with van der Waals surface area (Å²) in [5.74, 6) is -0.0644. The second-order valence-corrected chi connectivity index (χ2v) is 6.05. The predicted molar refractivity (Wildman–Crippen MR) is 93.9 cm³/mol. The van der Waals surface area contributed by atoms with E-state index in [2.05, 4.69) is 12.2 Å². The summed E-state index contributed by atoms with van der Waals surface area (Å²) in [6, 6.07) is 11.5. The maximum absolute atomic E-state index is 13.7. The lowest BCUT2D eigenvalue weighted by Gasteiger charge is -2.08. The number of halogens is 2. The minimum Gasteiger partial charge on any atom is -0.494 e. The Kier molecular flexibility index (Phi) is 6.18. The molecule has 1 amide bonds. The molecule has 5 heteroatoms. The molecule has 116 valence electrons. The Bertz CT molecular complexity index is 644. The molecular weight excluding hydrogens is 396 g/mol. The maximum atomic E-state index is 13.7. The van der Waals surface area contributed by atoms with Crippen LogP contribution < -0.4 is 10.1 Å². The van der Waals surface area contributed by atoms with E-state index < -0.39 is 5.82 Å². The van der Waals surface area contributed by atoms with Gasteiger partial charge in [-0.25, -0.2) is 4.39 Å². The van der Waals surface area contributed by atoms with Gasteiger partial charge in [-0.1, -0.05) is 13.3 Å². The van der Waals surface area contributed by atoms with Crippen LogP contribution >= 0.6 is 22.6 Å². The summed E-state index contributed by atoms with van der Waals surface area (Å²) in [4.78, 5) is 12.1. The summed E-state index contributed by atoms with van der Waals surface area (Å²) in [5.41, 5.74) is 0.634. The zero-order chi connectivity index (χ0) is 15.9. The largest absolute Gasteiger partial charge is 0.494 e. The molecule has 0 heterocycles. The van der Waals surface area contributed by atoms with Crippen molar-refractivity contribution in [2.75, 3.05) is 11.9 Å². The smallest absolute Gasteiger partial charge is 0.255 e. The number of hydrogen-bond donors (Lipinski definition) is 1. The van der Waals surface area contributed by atoms with E-state index in [0.717, 1.165) is 22.2 Å². The van der Waals surface area contributed by atoms with Gasteiger partial charge in [0.05, 0.1) is 12.3 Å². The lowest BCUT2D eigenvalue weighted by Crippen LogP contribution is -2.13. The van der Waals surface area contributed by atoms with E-state index >= 15 is 0 Å². The molecule has 22 heavy (non-hydrogen) atoms. The maximum Gasteiger partial charge on any atom is 0.255 e. The molecule has 2 aromatic carbocycles. The van der Waals surface area contributed by atoms with Gasteiger partial charge in [0.15, 0.2) is 0 Å². The highest BCUT2D eigenvalue weighted by atomic mass is 127. The van der Waals surface area contributed by atoms with Crippen molar-refractivity contribution in [3.05, 3.63) is 57.4 Å². The number of ether oxygens (including phenoxy) is 1. The lowest BCUT2D eigenvalue weighted by molar-refractivity contribution is 0.102. The van der Waals surface area contributed by atoms with Crippen molar-refractivity contribution in [1.82, 2.24) is 0 Å².